The lowest BCUT2D eigenvalue weighted by Crippen LogP contribution is -2.54. The maximum absolute atomic E-state index is 15.1. The molecule has 46 heavy (non-hydrogen) atoms. The molecule has 2 atom stereocenters. The second-order valence-corrected chi connectivity index (χ2v) is 13.5. The predicted molar refractivity (Wildman–Crippen MR) is 180 cm³/mol. The molecule has 0 saturated carbocycles. The van der Waals surface area contributed by atoms with Crippen LogP contribution in [-0.4, -0.2) is 43.8 Å². The second kappa shape index (κ2) is 15.2. The molecule has 7 nitrogen and oxygen atoms in total. The van der Waals surface area contributed by atoms with Crippen LogP contribution >= 0.6 is 0 Å². The van der Waals surface area contributed by atoms with Crippen molar-refractivity contribution in [2.24, 2.45) is 0 Å². The van der Waals surface area contributed by atoms with Gasteiger partial charge in [0.15, 0.2) is 0 Å². The normalized spacial score (nSPS) is 12.7. The lowest BCUT2D eigenvalue weighted by Gasteiger charge is -2.34. The molecule has 0 unspecified atom stereocenters. The van der Waals surface area contributed by atoms with E-state index in [9.17, 15) is 18.0 Å². The standard InChI is InChI=1S/C37H42FN3O4S/c1-6-28(4)39-37(43)35(23-30-14-8-7-9-15-30)40(24-31-16-10-11-17-33(31)38)36(42)25-41(34-18-12-13-27(3)29(34)5)46(44,45)32-21-19-26(2)20-22-32/h7-22,28,35H,6,23-25H2,1-5H3,(H,39,43)/t28-,35-/m1/s1. The zero-order valence-electron chi connectivity index (χ0n) is 27.0. The maximum atomic E-state index is 15.1. The average Bonchev–Trinajstić information content (AvgIpc) is 3.04. The highest BCUT2D eigenvalue weighted by molar-refractivity contribution is 7.92. The number of carbonyl (C=O) groups excluding carboxylic acids is 2. The zero-order chi connectivity index (χ0) is 33.4. The molecule has 4 aromatic carbocycles. The van der Waals surface area contributed by atoms with Crippen LogP contribution in [0.15, 0.2) is 102 Å². The highest BCUT2D eigenvalue weighted by Crippen LogP contribution is 2.29. The molecule has 0 spiro atoms. The van der Waals surface area contributed by atoms with Crippen LogP contribution in [0.2, 0.25) is 0 Å². The Morgan fingerprint density at radius 3 is 2.15 bits per heavy atom. The molecule has 2 amide bonds. The van der Waals surface area contributed by atoms with E-state index >= 15 is 4.39 Å². The van der Waals surface area contributed by atoms with Crippen molar-refractivity contribution in [2.75, 3.05) is 10.8 Å². The first-order chi connectivity index (χ1) is 21.9. The number of halogens is 1. The third kappa shape index (κ3) is 8.20. The number of rotatable bonds is 13. The highest BCUT2D eigenvalue weighted by Gasteiger charge is 2.35. The predicted octanol–water partition coefficient (Wildman–Crippen LogP) is 6.50. The summed E-state index contributed by atoms with van der Waals surface area (Å²) >= 11 is 0. The van der Waals surface area contributed by atoms with Crippen LogP contribution in [0.3, 0.4) is 0 Å². The van der Waals surface area contributed by atoms with Crippen molar-refractivity contribution < 1.29 is 22.4 Å². The Morgan fingerprint density at radius 2 is 1.50 bits per heavy atom. The van der Waals surface area contributed by atoms with Gasteiger partial charge in [-0.05, 0) is 75.1 Å². The first-order valence-electron chi connectivity index (χ1n) is 15.4. The van der Waals surface area contributed by atoms with Crippen LogP contribution < -0.4 is 9.62 Å². The number of amides is 2. The van der Waals surface area contributed by atoms with Crippen molar-refractivity contribution in [3.8, 4) is 0 Å². The SMILES string of the molecule is CC[C@@H](C)NC(=O)[C@@H](Cc1ccccc1)N(Cc1ccccc1F)C(=O)CN(c1cccc(C)c1C)S(=O)(=O)c1ccc(C)cc1. The largest absolute Gasteiger partial charge is 0.352 e. The fourth-order valence-corrected chi connectivity index (χ4v) is 6.63. The van der Waals surface area contributed by atoms with Crippen molar-refractivity contribution in [1.82, 2.24) is 10.2 Å². The van der Waals surface area contributed by atoms with Gasteiger partial charge in [-0.15, -0.1) is 0 Å². The van der Waals surface area contributed by atoms with Crippen LogP contribution in [0.25, 0.3) is 0 Å². The summed E-state index contributed by atoms with van der Waals surface area (Å²) in [5.41, 5.74) is 3.81. The number of carbonyl (C=O) groups is 2. The number of nitrogens with zero attached hydrogens (tertiary/aromatic N) is 2. The van der Waals surface area contributed by atoms with Gasteiger partial charge in [-0.2, -0.15) is 0 Å². The molecular formula is C37H42FN3O4S. The van der Waals surface area contributed by atoms with E-state index in [1.165, 1.54) is 23.1 Å². The molecule has 0 saturated heterocycles. The van der Waals surface area contributed by atoms with Crippen LogP contribution in [-0.2, 0) is 32.6 Å². The average molecular weight is 644 g/mol. The van der Waals surface area contributed by atoms with Gasteiger partial charge in [-0.1, -0.05) is 85.3 Å². The fourth-order valence-electron chi connectivity index (χ4n) is 5.16. The number of nitrogens with one attached hydrogen (secondary N) is 1. The van der Waals surface area contributed by atoms with Gasteiger partial charge in [0.1, 0.15) is 18.4 Å². The van der Waals surface area contributed by atoms with E-state index in [4.69, 9.17) is 0 Å². The summed E-state index contributed by atoms with van der Waals surface area (Å²) in [5.74, 6) is -1.57. The van der Waals surface area contributed by atoms with Crippen molar-refractivity contribution >= 4 is 27.5 Å². The molecule has 4 aromatic rings. The van der Waals surface area contributed by atoms with E-state index in [2.05, 4.69) is 5.32 Å². The summed E-state index contributed by atoms with van der Waals surface area (Å²) in [5, 5.41) is 2.99. The van der Waals surface area contributed by atoms with Gasteiger partial charge >= 0.3 is 0 Å². The zero-order valence-corrected chi connectivity index (χ0v) is 27.9. The molecule has 9 heteroatoms. The summed E-state index contributed by atoms with van der Waals surface area (Å²) in [7, 11) is -4.24. The molecular weight excluding hydrogens is 601 g/mol. The summed E-state index contributed by atoms with van der Waals surface area (Å²) in [6, 6.07) is 25.8. The van der Waals surface area contributed by atoms with E-state index in [-0.39, 0.29) is 29.5 Å². The lowest BCUT2D eigenvalue weighted by molar-refractivity contribution is -0.140. The maximum Gasteiger partial charge on any atom is 0.264 e. The van der Waals surface area contributed by atoms with Gasteiger partial charge < -0.3 is 10.2 Å². The van der Waals surface area contributed by atoms with E-state index in [0.29, 0.717) is 17.7 Å². The Bertz CT molecular complexity index is 1760. The minimum Gasteiger partial charge on any atom is -0.352 e. The van der Waals surface area contributed by atoms with Crippen LogP contribution in [0, 0.1) is 26.6 Å². The summed E-state index contributed by atoms with van der Waals surface area (Å²) in [6.45, 7) is 8.52. The molecule has 0 bridgehead atoms. The first kappa shape index (κ1) is 34.4. The summed E-state index contributed by atoms with van der Waals surface area (Å²) in [4.78, 5) is 29.8. The molecule has 0 aliphatic rings. The van der Waals surface area contributed by atoms with Gasteiger partial charge in [-0.25, -0.2) is 12.8 Å². The first-order valence-corrected chi connectivity index (χ1v) is 16.9. The highest BCUT2D eigenvalue weighted by atomic mass is 32.2. The molecule has 0 fully saturated rings. The molecule has 0 aliphatic carbocycles. The van der Waals surface area contributed by atoms with Crippen LogP contribution in [0.1, 0.15) is 48.1 Å². The van der Waals surface area contributed by atoms with Crippen molar-refractivity contribution in [3.63, 3.8) is 0 Å². The third-order valence-corrected chi connectivity index (χ3v) is 10.1. The fraction of sp³-hybridized carbons (Fsp3) is 0.297. The van der Waals surface area contributed by atoms with E-state index in [1.807, 2.05) is 71.0 Å². The molecule has 0 heterocycles. The molecule has 1 N–H and O–H groups in total. The minimum atomic E-state index is -4.24. The number of hydrogen-bond acceptors (Lipinski definition) is 4. The molecule has 4 rings (SSSR count). The number of hydrogen-bond donors (Lipinski definition) is 1. The Labute approximate surface area is 272 Å². The van der Waals surface area contributed by atoms with Gasteiger partial charge in [0.05, 0.1) is 10.6 Å². The smallest absolute Gasteiger partial charge is 0.264 e. The van der Waals surface area contributed by atoms with E-state index < -0.39 is 40.2 Å². The van der Waals surface area contributed by atoms with E-state index in [0.717, 1.165) is 21.0 Å². The molecule has 242 valence electrons. The quantitative estimate of drug-likeness (QED) is 0.180. The van der Waals surface area contributed by atoms with Gasteiger partial charge in [-0.3, -0.25) is 13.9 Å². The summed E-state index contributed by atoms with van der Waals surface area (Å²) in [6.07, 6.45) is 0.817. The minimum absolute atomic E-state index is 0.0304. The van der Waals surface area contributed by atoms with Crippen molar-refractivity contribution in [1.29, 1.82) is 0 Å². The van der Waals surface area contributed by atoms with Gasteiger partial charge in [0.2, 0.25) is 11.8 Å². The van der Waals surface area contributed by atoms with E-state index in [1.54, 1.807) is 42.5 Å². The van der Waals surface area contributed by atoms with Gasteiger partial charge in [0, 0.05) is 24.6 Å². The Balaban J connectivity index is 1.85. The monoisotopic (exact) mass is 643 g/mol. The molecule has 0 aliphatic heterocycles. The Morgan fingerprint density at radius 1 is 0.848 bits per heavy atom. The van der Waals surface area contributed by atoms with Crippen molar-refractivity contribution in [3.05, 3.63) is 131 Å². The number of aryl methyl sites for hydroxylation is 2. The summed E-state index contributed by atoms with van der Waals surface area (Å²) < 4.78 is 44.7. The van der Waals surface area contributed by atoms with Crippen molar-refractivity contribution in [2.45, 2.75) is 71.0 Å². The Hall–Kier alpha value is -4.50. The third-order valence-electron chi connectivity index (χ3n) is 8.30. The second-order valence-electron chi connectivity index (χ2n) is 11.7. The van der Waals surface area contributed by atoms with Crippen LogP contribution in [0.4, 0.5) is 10.1 Å². The lowest BCUT2D eigenvalue weighted by atomic mass is 10.0. The van der Waals surface area contributed by atoms with Crippen LogP contribution in [0.5, 0.6) is 0 Å². The topological polar surface area (TPSA) is 86.8 Å². The Kier molecular flexibility index (Phi) is 11.4. The number of anilines is 1. The number of sulfonamides is 1. The molecule has 0 aromatic heterocycles. The molecule has 0 radical (unpaired) electrons. The number of benzene rings is 4. The van der Waals surface area contributed by atoms with Gasteiger partial charge in [0.25, 0.3) is 10.0 Å².